The number of rotatable bonds is 1. The fourth-order valence-corrected chi connectivity index (χ4v) is 4.47. The minimum atomic E-state index is 0.523. The zero-order valence-corrected chi connectivity index (χ0v) is 11.4. The van der Waals surface area contributed by atoms with Gasteiger partial charge in [-0.25, -0.2) is 0 Å². The first-order chi connectivity index (χ1) is 8.38. The van der Waals surface area contributed by atoms with Crippen LogP contribution in [0, 0.1) is 0 Å². The van der Waals surface area contributed by atoms with E-state index < -0.39 is 0 Å². The molecule has 3 rings (SSSR count). The second kappa shape index (κ2) is 4.79. The zero-order valence-electron chi connectivity index (χ0n) is 9.72. The van der Waals surface area contributed by atoms with Gasteiger partial charge in [-0.15, -0.1) is 23.5 Å². The van der Waals surface area contributed by atoms with Gasteiger partial charge in [0, 0.05) is 4.90 Å². The third-order valence-corrected chi connectivity index (χ3v) is 5.78. The molecule has 0 bridgehead atoms. The van der Waals surface area contributed by atoms with Crippen molar-refractivity contribution in [1.82, 2.24) is 0 Å². The van der Waals surface area contributed by atoms with Crippen molar-refractivity contribution in [3.8, 4) is 0 Å². The molecule has 2 heteroatoms. The van der Waals surface area contributed by atoms with Crippen LogP contribution in [0.3, 0.4) is 0 Å². The standard InChI is InChI=1S/C15H14S2/c1-16-15-13-8-4-2-6-11(13)10-12-7-3-5-9-14(12)17-15/h2-9,15H,10H2,1H3. The lowest BCUT2D eigenvalue weighted by Gasteiger charge is -2.14. The van der Waals surface area contributed by atoms with Gasteiger partial charge in [0.15, 0.2) is 0 Å². The van der Waals surface area contributed by atoms with Crippen LogP contribution >= 0.6 is 23.5 Å². The molecule has 86 valence electrons. The highest BCUT2D eigenvalue weighted by atomic mass is 32.2. The summed E-state index contributed by atoms with van der Waals surface area (Å²) in [5.41, 5.74) is 4.42. The van der Waals surface area contributed by atoms with E-state index in [-0.39, 0.29) is 0 Å². The number of benzene rings is 2. The van der Waals surface area contributed by atoms with Crippen LogP contribution in [0.5, 0.6) is 0 Å². The van der Waals surface area contributed by atoms with E-state index >= 15 is 0 Å². The summed E-state index contributed by atoms with van der Waals surface area (Å²) in [5.74, 6) is 0. The van der Waals surface area contributed by atoms with Gasteiger partial charge in [-0.05, 0) is 35.4 Å². The van der Waals surface area contributed by atoms with Gasteiger partial charge in [-0.1, -0.05) is 42.5 Å². The topological polar surface area (TPSA) is 0 Å². The van der Waals surface area contributed by atoms with Crippen LogP contribution < -0.4 is 0 Å². The van der Waals surface area contributed by atoms with Crippen molar-refractivity contribution in [2.45, 2.75) is 15.9 Å². The summed E-state index contributed by atoms with van der Waals surface area (Å²) in [6.45, 7) is 0. The summed E-state index contributed by atoms with van der Waals surface area (Å²) >= 11 is 3.91. The molecular weight excluding hydrogens is 244 g/mol. The van der Waals surface area contributed by atoms with Crippen molar-refractivity contribution in [2.75, 3.05) is 6.26 Å². The summed E-state index contributed by atoms with van der Waals surface area (Å²) in [7, 11) is 0. The van der Waals surface area contributed by atoms with Gasteiger partial charge in [0.1, 0.15) is 0 Å². The molecule has 0 amide bonds. The molecule has 2 aromatic rings. The Morgan fingerprint density at radius 2 is 1.71 bits per heavy atom. The van der Waals surface area contributed by atoms with Crippen LogP contribution in [-0.2, 0) is 6.42 Å². The van der Waals surface area contributed by atoms with Crippen molar-refractivity contribution in [3.63, 3.8) is 0 Å². The summed E-state index contributed by atoms with van der Waals surface area (Å²) < 4.78 is 0.523. The highest BCUT2D eigenvalue weighted by Crippen LogP contribution is 2.47. The van der Waals surface area contributed by atoms with E-state index in [1.807, 2.05) is 23.5 Å². The van der Waals surface area contributed by atoms with Crippen LogP contribution in [0.4, 0.5) is 0 Å². The summed E-state index contributed by atoms with van der Waals surface area (Å²) in [6, 6.07) is 17.6. The van der Waals surface area contributed by atoms with E-state index in [4.69, 9.17) is 0 Å². The van der Waals surface area contributed by atoms with Crippen LogP contribution in [0.15, 0.2) is 53.4 Å². The quantitative estimate of drug-likeness (QED) is 0.724. The lowest BCUT2D eigenvalue weighted by Crippen LogP contribution is -1.93. The van der Waals surface area contributed by atoms with E-state index in [1.54, 1.807) is 0 Å². The Bertz CT molecular complexity index is 534. The van der Waals surface area contributed by atoms with Crippen molar-refractivity contribution in [1.29, 1.82) is 0 Å². The van der Waals surface area contributed by atoms with Crippen LogP contribution in [-0.4, -0.2) is 6.26 Å². The molecule has 0 aromatic heterocycles. The molecule has 0 N–H and O–H groups in total. The highest BCUT2D eigenvalue weighted by Gasteiger charge is 2.21. The van der Waals surface area contributed by atoms with Gasteiger partial charge in [0.05, 0.1) is 4.58 Å². The van der Waals surface area contributed by atoms with Gasteiger partial charge < -0.3 is 0 Å². The molecule has 0 aliphatic carbocycles. The molecule has 0 fully saturated rings. The van der Waals surface area contributed by atoms with E-state index in [9.17, 15) is 0 Å². The lowest BCUT2D eigenvalue weighted by atomic mass is 10.0. The monoisotopic (exact) mass is 258 g/mol. The lowest BCUT2D eigenvalue weighted by molar-refractivity contribution is 1.12. The maximum atomic E-state index is 2.27. The molecule has 0 saturated heterocycles. The average Bonchev–Trinajstić information content (AvgIpc) is 2.54. The van der Waals surface area contributed by atoms with E-state index in [0.717, 1.165) is 6.42 Å². The second-order valence-electron chi connectivity index (χ2n) is 4.17. The van der Waals surface area contributed by atoms with Gasteiger partial charge in [-0.2, -0.15) is 0 Å². The Kier molecular flexibility index (Phi) is 3.17. The van der Waals surface area contributed by atoms with Crippen LogP contribution in [0.2, 0.25) is 0 Å². The predicted molar refractivity (Wildman–Crippen MR) is 77.8 cm³/mol. The summed E-state index contributed by atoms with van der Waals surface area (Å²) in [6.07, 6.45) is 3.26. The maximum Gasteiger partial charge on any atom is 0.0798 e. The van der Waals surface area contributed by atoms with Gasteiger partial charge in [0.25, 0.3) is 0 Å². The van der Waals surface area contributed by atoms with Crippen molar-refractivity contribution in [2.24, 2.45) is 0 Å². The number of hydrogen-bond acceptors (Lipinski definition) is 2. The molecule has 1 atom stereocenters. The van der Waals surface area contributed by atoms with Gasteiger partial charge >= 0.3 is 0 Å². The second-order valence-corrected chi connectivity index (χ2v) is 6.56. The SMILES string of the molecule is CSC1Sc2ccccc2Cc2ccccc21. The Hall–Kier alpha value is -0.860. The normalized spacial score (nSPS) is 18.1. The van der Waals surface area contributed by atoms with Gasteiger partial charge in [0.2, 0.25) is 0 Å². The molecule has 0 radical (unpaired) electrons. The first kappa shape index (κ1) is 11.2. The smallest absolute Gasteiger partial charge is 0.0798 e. The molecule has 1 aliphatic heterocycles. The third kappa shape index (κ3) is 2.12. The first-order valence-corrected chi connectivity index (χ1v) is 7.90. The maximum absolute atomic E-state index is 2.27. The number of thioether (sulfide) groups is 2. The molecule has 1 unspecified atom stereocenters. The van der Waals surface area contributed by atoms with Gasteiger partial charge in [-0.3, -0.25) is 0 Å². The highest BCUT2D eigenvalue weighted by molar-refractivity contribution is 8.16. The summed E-state index contributed by atoms with van der Waals surface area (Å²) in [5, 5.41) is 0. The Labute approximate surface area is 111 Å². The van der Waals surface area contributed by atoms with Crippen LogP contribution in [0.25, 0.3) is 0 Å². The van der Waals surface area contributed by atoms with Crippen molar-refractivity contribution >= 4 is 23.5 Å². The molecule has 2 aromatic carbocycles. The number of hydrogen-bond donors (Lipinski definition) is 0. The average molecular weight is 258 g/mol. The fraction of sp³-hybridized carbons (Fsp3) is 0.200. The molecule has 1 heterocycles. The largest absolute Gasteiger partial charge is 0.146 e. The molecular formula is C15H14S2. The molecule has 0 saturated carbocycles. The third-order valence-electron chi connectivity index (χ3n) is 3.11. The molecule has 1 aliphatic rings. The minimum absolute atomic E-state index is 0.523. The minimum Gasteiger partial charge on any atom is -0.146 e. The molecule has 17 heavy (non-hydrogen) atoms. The first-order valence-electron chi connectivity index (χ1n) is 5.73. The van der Waals surface area contributed by atoms with Crippen molar-refractivity contribution < 1.29 is 0 Å². The molecule has 0 spiro atoms. The van der Waals surface area contributed by atoms with E-state index in [2.05, 4.69) is 54.8 Å². The number of fused-ring (bicyclic) bond motifs is 2. The predicted octanol–water partition coefficient (Wildman–Crippen LogP) is 4.74. The van der Waals surface area contributed by atoms with Crippen molar-refractivity contribution in [3.05, 3.63) is 65.2 Å². The van der Waals surface area contributed by atoms with E-state index in [0.29, 0.717) is 4.58 Å². The fourth-order valence-electron chi connectivity index (χ4n) is 2.25. The Morgan fingerprint density at radius 3 is 2.53 bits per heavy atom. The van der Waals surface area contributed by atoms with E-state index in [1.165, 1.54) is 21.6 Å². The Morgan fingerprint density at radius 1 is 1.00 bits per heavy atom. The molecule has 0 nitrogen and oxygen atoms in total. The summed E-state index contributed by atoms with van der Waals surface area (Å²) in [4.78, 5) is 1.43. The van der Waals surface area contributed by atoms with Crippen LogP contribution in [0.1, 0.15) is 21.3 Å². The zero-order chi connectivity index (χ0) is 11.7. The Balaban J connectivity index is 2.13.